The number of methoxy groups -OCH3 is 1. The molecular weight excluding hydrogens is 277 g/mol. The molecule has 0 aliphatic heterocycles. The summed E-state index contributed by atoms with van der Waals surface area (Å²) in [6.07, 6.45) is -3.56. The van der Waals surface area contributed by atoms with Crippen LogP contribution >= 0.6 is 0 Å². The fraction of sp³-hybridized carbons (Fsp3) is 0.167. The number of H-pyrrole nitrogens is 2. The number of ether oxygens (including phenoxy) is 1. The van der Waals surface area contributed by atoms with Gasteiger partial charge in [0.15, 0.2) is 0 Å². The summed E-state index contributed by atoms with van der Waals surface area (Å²) in [5, 5.41) is 0. The average Bonchev–Trinajstić information content (AvgIpc) is 2.37. The molecule has 0 radical (unpaired) electrons. The first-order chi connectivity index (χ1) is 9.32. The second kappa shape index (κ2) is 4.87. The Balaban J connectivity index is 2.65. The number of aromatic nitrogens is 2. The first kappa shape index (κ1) is 13.9. The van der Waals surface area contributed by atoms with E-state index in [1.165, 1.54) is 6.07 Å². The third-order valence-corrected chi connectivity index (χ3v) is 2.64. The van der Waals surface area contributed by atoms with Crippen molar-refractivity contribution in [1.82, 2.24) is 9.97 Å². The maximum absolute atomic E-state index is 12.9. The Morgan fingerprint density at radius 2 is 1.90 bits per heavy atom. The molecule has 2 N–H and O–H groups in total. The highest BCUT2D eigenvalue weighted by Crippen LogP contribution is 2.38. The highest BCUT2D eigenvalue weighted by Gasteiger charge is 2.34. The molecule has 0 bridgehead atoms. The molecule has 0 aliphatic carbocycles. The molecule has 0 saturated heterocycles. The van der Waals surface area contributed by atoms with Gasteiger partial charge in [-0.15, -0.1) is 0 Å². The SMILES string of the molecule is COc1ccc(-c2c[nH]c(=O)[nH]c2=O)cc1C(F)(F)F. The first-order valence-corrected chi connectivity index (χ1v) is 5.40. The molecule has 20 heavy (non-hydrogen) atoms. The number of alkyl halides is 3. The lowest BCUT2D eigenvalue weighted by Crippen LogP contribution is -2.22. The molecule has 0 saturated carbocycles. The number of rotatable bonds is 2. The molecule has 2 aromatic rings. The Morgan fingerprint density at radius 3 is 2.45 bits per heavy atom. The predicted molar refractivity (Wildman–Crippen MR) is 64.7 cm³/mol. The summed E-state index contributed by atoms with van der Waals surface area (Å²) in [4.78, 5) is 26.6. The summed E-state index contributed by atoms with van der Waals surface area (Å²) in [5.41, 5.74) is -2.55. The van der Waals surface area contributed by atoms with E-state index < -0.39 is 23.0 Å². The van der Waals surface area contributed by atoms with E-state index in [9.17, 15) is 22.8 Å². The van der Waals surface area contributed by atoms with E-state index in [1.807, 2.05) is 4.98 Å². The number of nitrogens with one attached hydrogen (secondary N) is 2. The van der Waals surface area contributed by atoms with Gasteiger partial charge >= 0.3 is 11.9 Å². The summed E-state index contributed by atoms with van der Waals surface area (Å²) in [6, 6.07) is 3.21. The molecule has 0 amide bonds. The van der Waals surface area contributed by atoms with Gasteiger partial charge in [0.1, 0.15) is 5.75 Å². The molecule has 8 heteroatoms. The van der Waals surface area contributed by atoms with Crippen molar-refractivity contribution in [2.24, 2.45) is 0 Å². The van der Waals surface area contributed by atoms with Gasteiger partial charge in [-0.3, -0.25) is 9.78 Å². The fourth-order valence-electron chi connectivity index (χ4n) is 1.72. The monoisotopic (exact) mass is 286 g/mol. The summed E-state index contributed by atoms with van der Waals surface area (Å²) < 4.78 is 43.3. The van der Waals surface area contributed by atoms with Gasteiger partial charge in [0, 0.05) is 6.20 Å². The smallest absolute Gasteiger partial charge is 0.419 e. The summed E-state index contributed by atoms with van der Waals surface area (Å²) in [6.45, 7) is 0. The Hall–Kier alpha value is -2.51. The standard InChI is InChI=1S/C12H9F3N2O3/c1-20-9-3-2-6(4-8(9)12(13,14)15)7-5-16-11(19)17-10(7)18/h2-5H,1H3,(H2,16,17,18,19). The van der Waals surface area contributed by atoms with E-state index in [0.717, 1.165) is 25.4 Å². The number of aromatic amines is 2. The van der Waals surface area contributed by atoms with Crippen molar-refractivity contribution in [2.75, 3.05) is 7.11 Å². The van der Waals surface area contributed by atoms with E-state index in [2.05, 4.69) is 9.72 Å². The van der Waals surface area contributed by atoms with Gasteiger partial charge in [0.25, 0.3) is 5.56 Å². The lowest BCUT2D eigenvalue weighted by atomic mass is 10.0. The van der Waals surface area contributed by atoms with Crippen LogP contribution < -0.4 is 16.0 Å². The van der Waals surface area contributed by atoms with Gasteiger partial charge in [0.05, 0.1) is 18.2 Å². The zero-order valence-corrected chi connectivity index (χ0v) is 10.2. The van der Waals surface area contributed by atoms with E-state index in [4.69, 9.17) is 0 Å². The Morgan fingerprint density at radius 1 is 1.20 bits per heavy atom. The van der Waals surface area contributed by atoms with E-state index >= 15 is 0 Å². The quantitative estimate of drug-likeness (QED) is 0.883. The Bertz CT molecular complexity index is 747. The van der Waals surface area contributed by atoms with Crippen molar-refractivity contribution in [3.63, 3.8) is 0 Å². The maximum atomic E-state index is 12.9. The number of hydrogen-bond donors (Lipinski definition) is 2. The van der Waals surface area contributed by atoms with Crippen LogP contribution in [0.5, 0.6) is 5.75 Å². The molecule has 1 heterocycles. The second-order valence-electron chi connectivity index (χ2n) is 3.90. The van der Waals surface area contributed by atoms with Crippen LogP contribution in [0.3, 0.4) is 0 Å². The van der Waals surface area contributed by atoms with Crippen LogP contribution in [0.2, 0.25) is 0 Å². The van der Waals surface area contributed by atoms with E-state index in [-0.39, 0.29) is 16.9 Å². The minimum Gasteiger partial charge on any atom is -0.496 e. The molecule has 0 fully saturated rings. The minimum absolute atomic E-state index is 0.0237. The van der Waals surface area contributed by atoms with Crippen molar-refractivity contribution in [1.29, 1.82) is 0 Å². The van der Waals surface area contributed by atoms with Crippen LogP contribution in [0.4, 0.5) is 13.2 Å². The van der Waals surface area contributed by atoms with Crippen LogP contribution in [-0.4, -0.2) is 17.1 Å². The maximum Gasteiger partial charge on any atom is 0.419 e. The van der Waals surface area contributed by atoms with Crippen molar-refractivity contribution in [3.05, 3.63) is 50.8 Å². The highest BCUT2D eigenvalue weighted by atomic mass is 19.4. The predicted octanol–water partition coefficient (Wildman–Crippen LogP) is 1.76. The molecule has 0 spiro atoms. The molecule has 1 aromatic carbocycles. The van der Waals surface area contributed by atoms with E-state index in [1.54, 1.807) is 0 Å². The molecule has 0 aliphatic rings. The minimum atomic E-state index is -4.61. The second-order valence-corrected chi connectivity index (χ2v) is 3.90. The molecule has 1 aromatic heterocycles. The van der Waals surface area contributed by atoms with Crippen molar-refractivity contribution < 1.29 is 17.9 Å². The number of benzene rings is 1. The molecule has 2 rings (SSSR count). The van der Waals surface area contributed by atoms with Crippen LogP contribution in [0.25, 0.3) is 11.1 Å². The van der Waals surface area contributed by atoms with Crippen LogP contribution in [0.15, 0.2) is 34.0 Å². The third kappa shape index (κ3) is 2.58. The molecular formula is C12H9F3N2O3. The van der Waals surface area contributed by atoms with Crippen molar-refractivity contribution >= 4 is 0 Å². The highest BCUT2D eigenvalue weighted by molar-refractivity contribution is 5.64. The lowest BCUT2D eigenvalue weighted by molar-refractivity contribution is -0.138. The molecule has 106 valence electrons. The van der Waals surface area contributed by atoms with Crippen LogP contribution in [0.1, 0.15) is 5.56 Å². The fourth-order valence-corrected chi connectivity index (χ4v) is 1.72. The lowest BCUT2D eigenvalue weighted by Gasteiger charge is -2.13. The largest absolute Gasteiger partial charge is 0.496 e. The Kier molecular flexibility index (Phi) is 3.39. The van der Waals surface area contributed by atoms with Gasteiger partial charge < -0.3 is 9.72 Å². The van der Waals surface area contributed by atoms with Gasteiger partial charge in [-0.25, -0.2) is 4.79 Å². The molecule has 0 atom stereocenters. The van der Waals surface area contributed by atoms with Gasteiger partial charge in [-0.05, 0) is 17.7 Å². The number of halogens is 3. The molecule has 0 unspecified atom stereocenters. The van der Waals surface area contributed by atoms with Gasteiger partial charge in [-0.1, -0.05) is 6.07 Å². The van der Waals surface area contributed by atoms with Crippen LogP contribution in [-0.2, 0) is 6.18 Å². The average molecular weight is 286 g/mol. The van der Waals surface area contributed by atoms with Crippen molar-refractivity contribution in [3.8, 4) is 16.9 Å². The van der Waals surface area contributed by atoms with Gasteiger partial charge in [0.2, 0.25) is 0 Å². The Labute approximate surface area is 110 Å². The first-order valence-electron chi connectivity index (χ1n) is 5.40. The normalized spacial score (nSPS) is 11.4. The third-order valence-electron chi connectivity index (χ3n) is 2.64. The van der Waals surface area contributed by atoms with E-state index in [0.29, 0.717) is 0 Å². The molecule has 5 nitrogen and oxygen atoms in total. The summed E-state index contributed by atoms with van der Waals surface area (Å²) >= 11 is 0. The van der Waals surface area contributed by atoms with Gasteiger partial charge in [-0.2, -0.15) is 13.2 Å². The zero-order chi connectivity index (χ0) is 14.9. The van der Waals surface area contributed by atoms with Crippen molar-refractivity contribution in [2.45, 2.75) is 6.18 Å². The van der Waals surface area contributed by atoms with Crippen LogP contribution in [0, 0.1) is 0 Å². The summed E-state index contributed by atoms with van der Waals surface area (Å²) in [5.74, 6) is -0.345. The topological polar surface area (TPSA) is 75.0 Å². The summed E-state index contributed by atoms with van der Waals surface area (Å²) in [7, 11) is 1.12. The zero-order valence-electron chi connectivity index (χ0n) is 10.2. The number of hydrogen-bond acceptors (Lipinski definition) is 3.